The number of fused-ring (bicyclic) bond motifs is 1. The Hall–Kier alpha value is -1.75. The van der Waals surface area contributed by atoms with Gasteiger partial charge in [-0.2, -0.15) is 11.8 Å². The van der Waals surface area contributed by atoms with Gasteiger partial charge in [-0.15, -0.1) is 0 Å². The zero-order chi connectivity index (χ0) is 14.5. The van der Waals surface area contributed by atoms with Crippen molar-refractivity contribution in [3.8, 4) is 0 Å². The summed E-state index contributed by atoms with van der Waals surface area (Å²) in [7, 11) is 0. The molecule has 0 fully saturated rings. The molecule has 1 aromatic carbocycles. The predicted molar refractivity (Wildman–Crippen MR) is 82.8 cm³/mol. The first-order valence-electron chi connectivity index (χ1n) is 6.58. The number of thioether (sulfide) groups is 1. The summed E-state index contributed by atoms with van der Waals surface area (Å²) in [4.78, 5) is 23.3. The molecule has 0 aliphatic heterocycles. The van der Waals surface area contributed by atoms with Gasteiger partial charge in [0.05, 0.1) is 11.1 Å². The lowest BCUT2D eigenvalue weighted by Gasteiger charge is -2.11. The van der Waals surface area contributed by atoms with Crippen molar-refractivity contribution in [3.63, 3.8) is 0 Å². The molecule has 1 heterocycles. The normalized spacial score (nSPS) is 10.8. The molecule has 0 bridgehead atoms. The molecule has 2 aromatic rings. The second-order valence-electron chi connectivity index (χ2n) is 4.42. The standard InChI is InChI=1S/C15H17NO3S/c1-2-20-9-5-8-16-13-7-4-3-6-11(13)12(15(18)19)10-14(16)17/h3-4,6-7,10H,2,5,8-9H2,1H3,(H,18,19). The van der Waals surface area contributed by atoms with Crippen LogP contribution in [0.2, 0.25) is 0 Å². The van der Waals surface area contributed by atoms with Crippen molar-refractivity contribution >= 4 is 28.6 Å². The van der Waals surface area contributed by atoms with E-state index in [4.69, 9.17) is 0 Å². The number of nitrogens with zero attached hydrogens (tertiary/aromatic N) is 1. The quantitative estimate of drug-likeness (QED) is 0.831. The second kappa shape index (κ2) is 6.61. The zero-order valence-corrected chi connectivity index (χ0v) is 12.2. The summed E-state index contributed by atoms with van der Waals surface area (Å²) in [6.45, 7) is 2.72. The van der Waals surface area contributed by atoms with Crippen molar-refractivity contribution in [2.24, 2.45) is 0 Å². The summed E-state index contributed by atoms with van der Waals surface area (Å²) in [6, 6.07) is 8.38. The first-order valence-corrected chi connectivity index (χ1v) is 7.74. The molecule has 0 saturated carbocycles. The highest BCUT2D eigenvalue weighted by Crippen LogP contribution is 2.17. The number of pyridine rings is 1. The highest BCUT2D eigenvalue weighted by molar-refractivity contribution is 7.99. The van der Waals surface area contributed by atoms with E-state index in [1.807, 2.05) is 17.8 Å². The Morgan fingerprint density at radius 2 is 2.10 bits per heavy atom. The Morgan fingerprint density at radius 1 is 1.35 bits per heavy atom. The first-order chi connectivity index (χ1) is 9.65. The molecule has 0 atom stereocenters. The number of aromatic nitrogens is 1. The highest BCUT2D eigenvalue weighted by atomic mass is 32.2. The molecule has 2 rings (SSSR count). The summed E-state index contributed by atoms with van der Waals surface area (Å²) in [5, 5.41) is 9.81. The van der Waals surface area contributed by atoms with Crippen molar-refractivity contribution in [1.82, 2.24) is 4.57 Å². The van der Waals surface area contributed by atoms with Crippen LogP contribution in [0.4, 0.5) is 0 Å². The summed E-state index contributed by atoms with van der Waals surface area (Å²) >= 11 is 1.84. The van der Waals surface area contributed by atoms with Gasteiger partial charge >= 0.3 is 5.97 Å². The second-order valence-corrected chi connectivity index (χ2v) is 5.81. The molecule has 106 valence electrons. The van der Waals surface area contributed by atoms with Gasteiger partial charge < -0.3 is 9.67 Å². The number of aromatic carboxylic acids is 1. The maximum Gasteiger partial charge on any atom is 0.336 e. The van der Waals surface area contributed by atoms with E-state index in [1.165, 1.54) is 6.07 Å². The van der Waals surface area contributed by atoms with Crippen LogP contribution < -0.4 is 5.56 Å². The third kappa shape index (κ3) is 3.04. The van der Waals surface area contributed by atoms with Crippen molar-refractivity contribution in [2.75, 3.05) is 11.5 Å². The molecule has 0 spiro atoms. The van der Waals surface area contributed by atoms with E-state index < -0.39 is 5.97 Å². The lowest BCUT2D eigenvalue weighted by Crippen LogP contribution is -2.22. The Bertz CT molecular complexity index is 678. The van der Waals surface area contributed by atoms with Crippen LogP contribution in [0, 0.1) is 0 Å². The fraction of sp³-hybridized carbons (Fsp3) is 0.333. The van der Waals surface area contributed by atoms with E-state index >= 15 is 0 Å². The fourth-order valence-corrected chi connectivity index (χ4v) is 2.83. The smallest absolute Gasteiger partial charge is 0.336 e. The highest BCUT2D eigenvalue weighted by Gasteiger charge is 2.13. The molecule has 1 aromatic heterocycles. The molecule has 0 aliphatic carbocycles. The molecule has 0 aliphatic rings. The maximum absolute atomic E-state index is 12.1. The zero-order valence-electron chi connectivity index (χ0n) is 11.3. The molecular formula is C15H17NO3S. The summed E-state index contributed by atoms with van der Waals surface area (Å²) in [5.41, 5.74) is 0.520. The Morgan fingerprint density at radius 3 is 2.80 bits per heavy atom. The van der Waals surface area contributed by atoms with E-state index in [0.29, 0.717) is 17.4 Å². The van der Waals surface area contributed by atoms with E-state index in [-0.39, 0.29) is 11.1 Å². The van der Waals surface area contributed by atoms with Crippen LogP contribution >= 0.6 is 11.8 Å². The minimum Gasteiger partial charge on any atom is -0.478 e. The maximum atomic E-state index is 12.1. The van der Waals surface area contributed by atoms with Crippen LogP contribution in [0.3, 0.4) is 0 Å². The first kappa shape index (κ1) is 14.7. The number of benzene rings is 1. The molecule has 20 heavy (non-hydrogen) atoms. The van der Waals surface area contributed by atoms with Gasteiger partial charge in [-0.3, -0.25) is 4.79 Å². The lowest BCUT2D eigenvalue weighted by atomic mass is 10.1. The van der Waals surface area contributed by atoms with Crippen molar-refractivity contribution in [2.45, 2.75) is 19.9 Å². The number of carbonyl (C=O) groups is 1. The van der Waals surface area contributed by atoms with Crippen LogP contribution in [0.1, 0.15) is 23.7 Å². The average Bonchev–Trinajstić information content (AvgIpc) is 2.44. The Balaban J connectivity index is 2.45. The summed E-state index contributed by atoms with van der Waals surface area (Å²) in [5.74, 6) is 0.998. The van der Waals surface area contributed by atoms with Gasteiger partial charge in [-0.1, -0.05) is 25.1 Å². The predicted octanol–water partition coefficient (Wildman–Crippen LogP) is 2.84. The van der Waals surface area contributed by atoms with Gasteiger partial charge in [-0.25, -0.2) is 4.79 Å². The average molecular weight is 291 g/mol. The van der Waals surface area contributed by atoms with Crippen LogP contribution in [-0.2, 0) is 6.54 Å². The molecule has 0 amide bonds. The Labute approximate surface area is 121 Å². The van der Waals surface area contributed by atoms with Crippen LogP contribution in [0.15, 0.2) is 35.1 Å². The molecule has 0 unspecified atom stereocenters. The third-order valence-electron chi connectivity index (χ3n) is 3.12. The largest absolute Gasteiger partial charge is 0.478 e. The number of carboxylic acids is 1. The molecule has 5 heteroatoms. The van der Waals surface area contributed by atoms with Crippen LogP contribution in [-0.4, -0.2) is 27.1 Å². The van der Waals surface area contributed by atoms with E-state index in [1.54, 1.807) is 22.8 Å². The monoisotopic (exact) mass is 291 g/mol. The third-order valence-corrected chi connectivity index (χ3v) is 4.11. The molecule has 0 saturated heterocycles. The number of aryl methyl sites for hydroxylation is 1. The number of hydrogen-bond donors (Lipinski definition) is 1. The van der Waals surface area contributed by atoms with E-state index in [2.05, 4.69) is 6.92 Å². The number of carboxylic acid groups (broad SMARTS) is 1. The van der Waals surface area contributed by atoms with Gasteiger partial charge in [0.25, 0.3) is 5.56 Å². The lowest BCUT2D eigenvalue weighted by molar-refractivity contribution is 0.0698. The van der Waals surface area contributed by atoms with E-state index in [9.17, 15) is 14.7 Å². The molecule has 4 nitrogen and oxygen atoms in total. The van der Waals surface area contributed by atoms with Crippen LogP contribution in [0.25, 0.3) is 10.9 Å². The minimum absolute atomic E-state index is 0.0739. The number of hydrogen-bond acceptors (Lipinski definition) is 3. The van der Waals surface area contributed by atoms with Gasteiger partial charge in [-0.05, 0) is 24.0 Å². The topological polar surface area (TPSA) is 59.3 Å². The molecular weight excluding hydrogens is 274 g/mol. The van der Waals surface area contributed by atoms with Crippen molar-refractivity contribution in [1.29, 1.82) is 0 Å². The SMILES string of the molecule is CCSCCCn1c(=O)cc(C(=O)O)c2ccccc21. The molecule has 1 N–H and O–H groups in total. The van der Waals surface area contributed by atoms with Gasteiger partial charge in [0.1, 0.15) is 0 Å². The Kier molecular flexibility index (Phi) is 4.84. The molecule has 0 radical (unpaired) electrons. The van der Waals surface area contributed by atoms with Gasteiger partial charge in [0.15, 0.2) is 0 Å². The number of para-hydroxylation sites is 1. The van der Waals surface area contributed by atoms with Crippen molar-refractivity contribution in [3.05, 3.63) is 46.2 Å². The summed E-state index contributed by atoms with van der Waals surface area (Å²) < 4.78 is 1.66. The fourth-order valence-electron chi connectivity index (χ4n) is 2.21. The van der Waals surface area contributed by atoms with Gasteiger partial charge in [0, 0.05) is 18.0 Å². The van der Waals surface area contributed by atoms with Crippen LogP contribution in [0.5, 0.6) is 0 Å². The van der Waals surface area contributed by atoms with Gasteiger partial charge in [0.2, 0.25) is 0 Å². The van der Waals surface area contributed by atoms with E-state index in [0.717, 1.165) is 17.9 Å². The number of rotatable bonds is 6. The minimum atomic E-state index is -1.06. The van der Waals surface area contributed by atoms with Crippen molar-refractivity contribution < 1.29 is 9.90 Å². The summed E-state index contributed by atoms with van der Waals surface area (Å²) in [6.07, 6.45) is 0.898.